The third-order valence-corrected chi connectivity index (χ3v) is 11.5. The van der Waals surface area contributed by atoms with E-state index in [9.17, 15) is 19.2 Å². The monoisotopic (exact) mass is 713 g/mol. The van der Waals surface area contributed by atoms with Crippen molar-refractivity contribution < 1.29 is 24.0 Å². The minimum absolute atomic E-state index is 0.0109. The molecule has 4 aliphatic heterocycles. The first-order chi connectivity index (χ1) is 25.0. The molecule has 10 nitrogen and oxygen atoms in total. The second-order valence-electron chi connectivity index (χ2n) is 16.4. The van der Waals surface area contributed by atoms with E-state index in [1.54, 1.807) is 36.4 Å². The summed E-state index contributed by atoms with van der Waals surface area (Å²) in [6, 6.07) is 15.9. The summed E-state index contributed by atoms with van der Waals surface area (Å²) >= 11 is 0. The predicted molar refractivity (Wildman–Crippen MR) is 201 cm³/mol. The molecule has 1 unspecified atom stereocenters. The number of hydrogen-bond acceptors (Lipinski definition) is 7. The van der Waals surface area contributed by atoms with Gasteiger partial charge in [-0.25, -0.2) is 0 Å². The number of likely N-dealkylation sites (tertiary alicyclic amines) is 2. The summed E-state index contributed by atoms with van der Waals surface area (Å²) in [6.45, 7) is 13.0. The molecule has 282 valence electrons. The molecule has 3 atom stereocenters. The van der Waals surface area contributed by atoms with Crippen molar-refractivity contribution in [3.05, 3.63) is 71.3 Å². The molecule has 10 heteroatoms. The van der Waals surface area contributed by atoms with Crippen LogP contribution in [0.15, 0.2) is 54.6 Å². The first-order valence-electron chi connectivity index (χ1n) is 19.7. The van der Waals surface area contributed by atoms with Gasteiger partial charge in [-0.3, -0.25) is 24.0 Å². The van der Waals surface area contributed by atoms with Crippen LogP contribution in [0.5, 0.6) is 0 Å². The van der Waals surface area contributed by atoms with Gasteiger partial charge < -0.3 is 19.6 Å². The zero-order valence-corrected chi connectivity index (χ0v) is 31.9. The minimum atomic E-state index is -0.576. The van der Waals surface area contributed by atoms with E-state index in [0.717, 1.165) is 51.6 Å². The first kappa shape index (κ1) is 38.1. The normalized spacial score (nSPS) is 24.2. The van der Waals surface area contributed by atoms with E-state index in [1.165, 1.54) is 0 Å². The molecule has 0 bridgehead atoms. The fourth-order valence-electron chi connectivity index (χ4n) is 8.58. The number of piperazine rings is 1. The quantitative estimate of drug-likeness (QED) is 0.260. The van der Waals surface area contributed by atoms with Crippen LogP contribution >= 0.6 is 0 Å². The fourth-order valence-corrected chi connectivity index (χ4v) is 8.58. The van der Waals surface area contributed by atoms with Gasteiger partial charge in [-0.1, -0.05) is 70.2 Å². The van der Waals surface area contributed by atoms with Crippen LogP contribution in [0.4, 0.5) is 0 Å². The van der Waals surface area contributed by atoms with Crippen LogP contribution < -0.4 is 0 Å². The van der Waals surface area contributed by atoms with E-state index < -0.39 is 12.1 Å². The van der Waals surface area contributed by atoms with Crippen LogP contribution in [-0.4, -0.2) is 119 Å². The molecule has 52 heavy (non-hydrogen) atoms. The second kappa shape index (κ2) is 17.0. The standard InChI is InChI=1S/C42H59N5O5/c1-29(2)26-36-41(50)45(35-19-22-43(5)23-20-35)28-38-46(52-37(27-30(3)4)42(51)47(36)38)21-9-10-31-17-24-44(25-18-31)40(49)34-15-13-33(14-16-34)39(48)32-11-7-6-8-12-32/h6-8,11-16,29-31,35-38H,9-10,17-28H2,1-5H3/t36-,37+,38?/m0/s1. The number of piperidine rings is 2. The van der Waals surface area contributed by atoms with Gasteiger partial charge in [0.05, 0.1) is 6.54 Å². The van der Waals surface area contributed by atoms with Crippen molar-refractivity contribution >= 4 is 23.5 Å². The van der Waals surface area contributed by atoms with Crippen molar-refractivity contribution in [1.29, 1.82) is 0 Å². The molecule has 2 aromatic carbocycles. The van der Waals surface area contributed by atoms with Gasteiger partial charge in [-0.05, 0) is 101 Å². The van der Waals surface area contributed by atoms with Gasteiger partial charge in [-0.15, -0.1) is 0 Å². The topological polar surface area (TPSA) is 93.7 Å². The minimum Gasteiger partial charge on any atom is -0.339 e. The third kappa shape index (κ3) is 8.77. The van der Waals surface area contributed by atoms with E-state index in [2.05, 4.69) is 49.6 Å². The Morgan fingerprint density at radius 2 is 1.38 bits per heavy atom. The molecule has 2 aromatic rings. The van der Waals surface area contributed by atoms with Gasteiger partial charge in [-0.2, -0.15) is 5.06 Å². The average Bonchev–Trinajstić information content (AvgIpc) is 3.14. The maximum atomic E-state index is 14.2. The molecule has 3 amide bonds. The molecule has 0 spiro atoms. The third-order valence-electron chi connectivity index (χ3n) is 11.5. The molecule has 0 radical (unpaired) electrons. The van der Waals surface area contributed by atoms with Crippen LogP contribution in [0, 0.1) is 17.8 Å². The molecule has 0 aliphatic carbocycles. The number of hydroxylamine groups is 2. The Hall–Kier alpha value is -3.60. The average molecular weight is 714 g/mol. The summed E-state index contributed by atoms with van der Waals surface area (Å²) in [7, 11) is 2.14. The largest absolute Gasteiger partial charge is 0.339 e. The molecular formula is C42H59N5O5. The number of carbonyl (C=O) groups excluding carboxylic acids is 4. The van der Waals surface area contributed by atoms with E-state index in [4.69, 9.17) is 4.84 Å². The summed E-state index contributed by atoms with van der Waals surface area (Å²) in [5.74, 6) is 1.10. The first-order valence-corrected chi connectivity index (χ1v) is 19.7. The Morgan fingerprint density at radius 3 is 2.02 bits per heavy atom. The smallest absolute Gasteiger partial charge is 0.255 e. The molecule has 0 N–H and O–H groups in total. The zero-order valence-electron chi connectivity index (χ0n) is 31.9. The maximum absolute atomic E-state index is 14.2. The van der Waals surface area contributed by atoms with E-state index >= 15 is 0 Å². The summed E-state index contributed by atoms with van der Waals surface area (Å²) in [6.07, 6.45) is 6.13. The van der Waals surface area contributed by atoms with Gasteiger partial charge in [0.25, 0.3) is 11.8 Å². The van der Waals surface area contributed by atoms with E-state index in [-0.39, 0.29) is 47.5 Å². The zero-order chi connectivity index (χ0) is 36.9. The van der Waals surface area contributed by atoms with Crippen molar-refractivity contribution in [2.45, 2.75) is 103 Å². The van der Waals surface area contributed by atoms with Crippen LogP contribution in [0.1, 0.15) is 105 Å². The molecule has 4 aliphatic rings. The number of hydrogen-bond donors (Lipinski definition) is 0. The number of carbonyl (C=O) groups is 4. The van der Waals surface area contributed by atoms with Crippen molar-refractivity contribution in [3.63, 3.8) is 0 Å². The van der Waals surface area contributed by atoms with Gasteiger partial charge in [0, 0.05) is 42.4 Å². The molecule has 4 saturated heterocycles. The summed E-state index contributed by atoms with van der Waals surface area (Å²) < 4.78 is 0. The van der Waals surface area contributed by atoms with Crippen LogP contribution in [-0.2, 0) is 14.4 Å². The van der Waals surface area contributed by atoms with E-state index in [0.29, 0.717) is 61.6 Å². The Kier molecular flexibility index (Phi) is 12.5. The Balaban J connectivity index is 1.06. The highest BCUT2D eigenvalue weighted by atomic mass is 16.7. The van der Waals surface area contributed by atoms with Crippen molar-refractivity contribution in [1.82, 2.24) is 24.7 Å². The lowest BCUT2D eigenvalue weighted by Crippen LogP contribution is -2.74. The van der Waals surface area contributed by atoms with Gasteiger partial charge in [0.15, 0.2) is 11.9 Å². The van der Waals surface area contributed by atoms with Gasteiger partial charge >= 0.3 is 0 Å². The predicted octanol–water partition coefficient (Wildman–Crippen LogP) is 5.72. The number of benzene rings is 2. The molecule has 0 aromatic heterocycles. The van der Waals surface area contributed by atoms with Gasteiger partial charge in [0.1, 0.15) is 12.2 Å². The maximum Gasteiger partial charge on any atom is 0.255 e. The van der Waals surface area contributed by atoms with E-state index in [1.807, 2.05) is 28.0 Å². The summed E-state index contributed by atoms with van der Waals surface area (Å²) in [4.78, 5) is 69.3. The number of nitrogens with zero attached hydrogens (tertiary/aromatic N) is 5. The van der Waals surface area contributed by atoms with Crippen LogP contribution in [0.3, 0.4) is 0 Å². The highest BCUT2D eigenvalue weighted by molar-refractivity contribution is 6.09. The van der Waals surface area contributed by atoms with Crippen molar-refractivity contribution in [2.24, 2.45) is 17.8 Å². The molecule has 6 rings (SSSR count). The summed E-state index contributed by atoms with van der Waals surface area (Å²) in [5.41, 5.74) is 1.82. The van der Waals surface area contributed by atoms with Gasteiger partial charge in [0.2, 0.25) is 5.91 Å². The highest BCUT2D eigenvalue weighted by Gasteiger charge is 2.52. The Bertz CT molecular complexity index is 1530. The lowest BCUT2D eigenvalue weighted by molar-refractivity contribution is -0.290. The lowest BCUT2D eigenvalue weighted by Gasteiger charge is -2.55. The second-order valence-corrected chi connectivity index (χ2v) is 16.4. The number of ketones is 1. The number of amides is 3. The number of fused-ring (bicyclic) bond motifs is 1. The lowest BCUT2D eigenvalue weighted by atomic mass is 9.91. The summed E-state index contributed by atoms with van der Waals surface area (Å²) in [5, 5.41) is 2.06. The Morgan fingerprint density at radius 1 is 0.769 bits per heavy atom. The SMILES string of the molecule is CC(C)C[C@H]1ON(CCCC2CCN(C(=O)c3ccc(C(=O)c4ccccc4)cc3)CC2)C2CN(C3CCN(C)CC3)C(=O)[C@H](CC(C)C)N2C1=O. The highest BCUT2D eigenvalue weighted by Crippen LogP contribution is 2.34. The molecule has 4 fully saturated rings. The van der Waals surface area contributed by atoms with Crippen molar-refractivity contribution in [3.8, 4) is 0 Å². The van der Waals surface area contributed by atoms with Crippen LogP contribution in [0.25, 0.3) is 0 Å². The van der Waals surface area contributed by atoms with Crippen molar-refractivity contribution in [2.75, 3.05) is 46.3 Å². The number of rotatable bonds is 12. The van der Waals surface area contributed by atoms with Crippen LogP contribution in [0.2, 0.25) is 0 Å². The molecule has 0 saturated carbocycles. The fraction of sp³-hybridized carbons (Fsp3) is 0.619. The Labute approximate surface area is 310 Å². The molecule has 4 heterocycles. The molecular weight excluding hydrogens is 654 g/mol.